The Morgan fingerprint density at radius 3 is 1.00 bits per heavy atom. The molecule has 0 radical (unpaired) electrons. The minimum Gasteiger partial charge on any atom is -0.494 e. The second kappa shape index (κ2) is 35.3. The molecule has 0 aliphatic carbocycles. The zero-order chi connectivity index (χ0) is 5.41. The van der Waals surface area contributed by atoms with Crippen LogP contribution in [-0.4, -0.2) is 48.9 Å². The van der Waals surface area contributed by atoms with Gasteiger partial charge in [0.2, 0.25) is 0 Å². The zero-order valence-electron chi connectivity index (χ0n) is 3.60. The Balaban J connectivity index is -0.0000000400. The molecule has 0 heterocycles. The molecule has 0 aromatic rings. The van der Waals surface area contributed by atoms with E-state index in [0.717, 1.165) is 12.4 Å². The van der Waals surface area contributed by atoms with Crippen molar-refractivity contribution in [3.05, 3.63) is 11.5 Å². The first-order chi connectivity index (χ1) is 2.83. The molecule has 0 aromatic heterocycles. The van der Waals surface area contributed by atoms with Gasteiger partial charge in [-0.15, -0.1) is 0 Å². The first-order valence-electron chi connectivity index (χ1n) is 0.947. The Hall–Kier alpha value is 0.151. The fourth-order valence-corrected chi connectivity index (χ4v) is 0. The van der Waals surface area contributed by atoms with Gasteiger partial charge in [0, 0.05) is 0 Å². The van der Waals surface area contributed by atoms with Crippen LogP contribution in [0.5, 0.6) is 0 Å². The summed E-state index contributed by atoms with van der Waals surface area (Å²) in [7, 11) is 0. The first kappa shape index (κ1) is 15.7. The summed E-state index contributed by atoms with van der Waals surface area (Å²) in [5.74, 6) is 0. The number of nitriles is 2. The van der Waals surface area contributed by atoms with Crippen LogP contribution in [0.3, 0.4) is 0 Å². The first-order valence-corrected chi connectivity index (χ1v) is 0.947. The summed E-state index contributed by atoms with van der Waals surface area (Å²) in [5, 5.41) is 14.0. The van der Waals surface area contributed by atoms with E-state index in [-0.39, 0.29) is 48.9 Å². The predicted octanol–water partition coefficient (Wildman–Crippen LogP) is 0.659. The molecule has 0 atom stereocenters. The Morgan fingerprint density at radius 2 is 1.00 bits per heavy atom. The second-order valence-corrected chi connectivity index (χ2v) is 0.224. The summed E-state index contributed by atoms with van der Waals surface area (Å²) in [4.78, 5) is 0. The summed E-state index contributed by atoms with van der Waals surface area (Å²) in [6, 6.07) is 0. The molecule has 0 unspecified atom stereocenters. The number of nitrogens with zero attached hydrogens (tertiary/aromatic N) is 2. The van der Waals surface area contributed by atoms with E-state index in [9.17, 15) is 0 Å². The van der Waals surface area contributed by atoms with Crippen molar-refractivity contribution < 1.29 is 0 Å². The Labute approximate surface area is 82.2 Å². The molecule has 2 N–H and O–H groups in total. The van der Waals surface area contributed by atoms with Gasteiger partial charge in [-0.25, -0.2) is 0 Å². The molecule has 7 heavy (non-hydrogen) atoms. The molecule has 4 nitrogen and oxygen atoms in total. The van der Waals surface area contributed by atoms with Crippen molar-refractivity contribution in [3.63, 3.8) is 0 Å². The molecule has 32 valence electrons. The van der Waals surface area contributed by atoms with Crippen LogP contribution in [0, 0.1) is 22.9 Å². The van der Waals surface area contributed by atoms with Crippen LogP contribution in [0.15, 0.2) is 0 Å². The van der Waals surface area contributed by atoms with Crippen molar-refractivity contribution in [1.29, 1.82) is 10.5 Å². The fraction of sp³-hybridized carbons (Fsp3) is 0. The van der Waals surface area contributed by atoms with Crippen molar-refractivity contribution in [3.8, 4) is 12.4 Å². The molecule has 0 fully saturated rings. The maximum Gasteiger partial charge on any atom is 2.00 e. The molecule has 0 bridgehead atoms. The average Bonchev–Trinajstić information content (AvgIpc) is 1.39. The fourth-order valence-electron chi connectivity index (χ4n) is 0. The van der Waals surface area contributed by atoms with Crippen LogP contribution in [0.2, 0.25) is 0 Å². The number of rotatable bonds is 0. The third-order valence-electron chi connectivity index (χ3n) is 0. The van der Waals surface area contributed by atoms with Gasteiger partial charge in [-0.1, -0.05) is 12.4 Å². The average molecular weight is 219 g/mol. The van der Waals surface area contributed by atoms with Crippen LogP contribution in [0.25, 0.3) is 11.5 Å². The van der Waals surface area contributed by atoms with E-state index in [1.54, 1.807) is 0 Å². The molecule has 0 saturated heterocycles. The van der Waals surface area contributed by atoms with Gasteiger partial charge in [0.05, 0.1) is 0 Å². The SMILES string of the molecule is N#C[NH-].N#C[NH-].[Ba+2]. The van der Waals surface area contributed by atoms with Crippen LogP contribution in [0.1, 0.15) is 0 Å². The molecule has 0 aromatic carbocycles. The predicted molar refractivity (Wildman–Crippen MR) is 25.6 cm³/mol. The molecule has 0 amide bonds. The van der Waals surface area contributed by atoms with Crippen LogP contribution in [-0.2, 0) is 0 Å². The quantitative estimate of drug-likeness (QED) is 0.442. The Bertz CT molecular complexity index is 64.7. The van der Waals surface area contributed by atoms with Crippen molar-refractivity contribution in [2.45, 2.75) is 0 Å². The minimum atomic E-state index is 0. The van der Waals surface area contributed by atoms with Crippen molar-refractivity contribution >= 4 is 48.9 Å². The van der Waals surface area contributed by atoms with Gasteiger partial charge in [0.1, 0.15) is 0 Å². The van der Waals surface area contributed by atoms with Gasteiger partial charge < -0.3 is 22.0 Å². The van der Waals surface area contributed by atoms with Gasteiger partial charge in [-0.3, -0.25) is 0 Å². The van der Waals surface area contributed by atoms with Crippen molar-refractivity contribution in [1.82, 2.24) is 0 Å². The van der Waals surface area contributed by atoms with Gasteiger partial charge >= 0.3 is 48.9 Å². The third-order valence-corrected chi connectivity index (χ3v) is 0. The molecular formula is C2H2BaN4. The van der Waals surface area contributed by atoms with Crippen LogP contribution in [0.4, 0.5) is 0 Å². The maximum absolute atomic E-state index is 6.99. The standard InChI is InChI=1S/2CHN2.Ba/c2*2-1-3;/h2*2H;/q2*-1;+2. The Kier molecular flexibility index (Phi) is 79.1. The molecule has 0 aliphatic heterocycles. The van der Waals surface area contributed by atoms with Crippen molar-refractivity contribution in [2.75, 3.05) is 0 Å². The van der Waals surface area contributed by atoms with Crippen molar-refractivity contribution in [2.24, 2.45) is 0 Å². The number of hydrogen-bond acceptors (Lipinski definition) is 2. The summed E-state index contributed by atoms with van der Waals surface area (Å²) >= 11 is 0. The summed E-state index contributed by atoms with van der Waals surface area (Å²) < 4.78 is 0. The van der Waals surface area contributed by atoms with E-state index in [1.807, 2.05) is 0 Å². The minimum absolute atomic E-state index is 0. The summed E-state index contributed by atoms with van der Waals surface area (Å²) in [5.41, 5.74) is 11.0. The van der Waals surface area contributed by atoms with E-state index < -0.39 is 0 Å². The van der Waals surface area contributed by atoms with Gasteiger partial charge in [0.15, 0.2) is 0 Å². The zero-order valence-corrected chi connectivity index (χ0v) is 8.04. The normalized spacial score (nSPS) is 2.00. The van der Waals surface area contributed by atoms with E-state index in [4.69, 9.17) is 22.0 Å². The molecule has 0 saturated carbocycles. The number of hydrogen-bond donors (Lipinski definition) is 0. The maximum atomic E-state index is 6.99. The van der Waals surface area contributed by atoms with Gasteiger partial charge in [0.25, 0.3) is 0 Å². The smallest absolute Gasteiger partial charge is 0.494 e. The molecule has 0 spiro atoms. The van der Waals surface area contributed by atoms with E-state index in [1.165, 1.54) is 0 Å². The molecule has 0 aliphatic rings. The molecule has 0 rings (SSSR count). The molecule has 5 heteroatoms. The number of nitrogens with one attached hydrogen (secondary N) is 2. The topological polar surface area (TPSA) is 95.2 Å². The largest absolute Gasteiger partial charge is 2.00 e. The summed E-state index contributed by atoms with van der Waals surface area (Å²) in [6.45, 7) is 0. The van der Waals surface area contributed by atoms with Crippen LogP contribution >= 0.6 is 0 Å². The third kappa shape index (κ3) is 4620. The van der Waals surface area contributed by atoms with Gasteiger partial charge in [-0.2, -0.15) is 0 Å². The van der Waals surface area contributed by atoms with Crippen LogP contribution < -0.4 is 0 Å². The van der Waals surface area contributed by atoms with E-state index in [2.05, 4.69) is 0 Å². The van der Waals surface area contributed by atoms with Gasteiger partial charge in [-0.05, 0) is 0 Å². The summed E-state index contributed by atoms with van der Waals surface area (Å²) in [6.07, 6.45) is 2.00. The Morgan fingerprint density at radius 1 is 1.00 bits per heavy atom. The molecular weight excluding hydrogens is 217 g/mol. The second-order valence-electron chi connectivity index (χ2n) is 0.224. The van der Waals surface area contributed by atoms with E-state index >= 15 is 0 Å². The van der Waals surface area contributed by atoms with E-state index in [0.29, 0.717) is 0 Å². The monoisotopic (exact) mass is 220 g/mol.